The van der Waals surface area contributed by atoms with Gasteiger partial charge in [-0.2, -0.15) is 0 Å². The maximum absolute atomic E-state index is 14.9. The minimum Gasteiger partial charge on any atom is -0.497 e. The van der Waals surface area contributed by atoms with Gasteiger partial charge in [-0.15, -0.1) is 0 Å². The van der Waals surface area contributed by atoms with Crippen LogP contribution < -0.4 is 14.8 Å². The molecule has 4 atom stereocenters. The zero-order valence-electron chi connectivity index (χ0n) is 26.9. The molecule has 1 spiro atoms. The Kier molecular flexibility index (Phi) is 8.88. The summed E-state index contributed by atoms with van der Waals surface area (Å²) in [6, 6.07) is 35.6. The van der Waals surface area contributed by atoms with E-state index in [9.17, 15) is 14.7 Å². The molecular weight excluding hydrogens is 593 g/mol. The zero-order chi connectivity index (χ0) is 32.5. The van der Waals surface area contributed by atoms with Gasteiger partial charge >= 0.3 is 0 Å². The quantitative estimate of drug-likeness (QED) is 0.217. The predicted octanol–water partition coefficient (Wildman–Crippen LogP) is 6.00. The molecule has 8 heteroatoms. The van der Waals surface area contributed by atoms with Gasteiger partial charge in [0.05, 0.1) is 40.0 Å². The van der Waals surface area contributed by atoms with Crippen molar-refractivity contribution in [3.8, 4) is 5.75 Å². The minimum absolute atomic E-state index is 0.0784. The Morgan fingerprint density at radius 2 is 1.57 bits per heavy atom. The molecule has 238 valence electrons. The number of carbonyl (C=O) groups excluding carboxylic acids is 2. The number of carbonyl (C=O) groups is 2. The summed E-state index contributed by atoms with van der Waals surface area (Å²) in [5.74, 6) is 0.335. The van der Waals surface area contributed by atoms with Crippen LogP contribution >= 0.6 is 0 Å². The smallest absolute Gasteiger partial charge is 0.268 e. The summed E-state index contributed by atoms with van der Waals surface area (Å²) < 4.78 is 12.6. The first kappa shape index (κ1) is 31.7. The van der Waals surface area contributed by atoms with Crippen molar-refractivity contribution >= 4 is 36.4 Å². The Morgan fingerprint density at radius 1 is 0.935 bits per heavy atom. The van der Waals surface area contributed by atoms with Crippen LogP contribution in [0.4, 0.5) is 11.4 Å². The Hall–Kier alpha value is -4.24. The van der Waals surface area contributed by atoms with E-state index in [4.69, 9.17) is 9.47 Å². The summed E-state index contributed by atoms with van der Waals surface area (Å²) in [7, 11) is -0.762. The average molecular weight is 635 g/mol. The van der Waals surface area contributed by atoms with Crippen LogP contribution in [0.3, 0.4) is 0 Å². The van der Waals surface area contributed by atoms with E-state index < -0.39 is 19.8 Å². The number of hydrogen-bond donors (Lipinski definition) is 1. The van der Waals surface area contributed by atoms with Gasteiger partial charge in [0.15, 0.2) is 5.60 Å². The highest BCUT2D eigenvalue weighted by atomic mass is 28.3. The van der Waals surface area contributed by atoms with Crippen LogP contribution in [-0.2, 0) is 26.5 Å². The van der Waals surface area contributed by atoms with E-state index in [1.807, 2.05) is 97.1 Å². The molecule has 0 aliphatic carbocycles. The molecule has 1 fully saturated rings. The van der Waals surface area contributed by atoms with E-state index in [-0.39, 0.29) is 42.8 Å². The number of aliphatic hydroxyl groups is 1. The monoisotopic (exact) mass is 634 g/mol. The number of anilines is 2. The first-order valence-electron chi connectivity index (χ1n) is 16.0. The molecule has 4 aromatic carbocycles. The zero-order valence-corrected chi connectivity index (χ0v) is 27.9. The van der Waals surface area contributed by atoms with Crippen molar-refractivity contribution in [3.05, 3.63) is 120 Å². The lowest BCUT2D eigenvalue weighted by atomic mass is 9.82. The Bertz CT molecular complexity index is 1680. The number of nitrogens with zero attached hydrogens (tertiary/aromatic N) is 2. The fourth-order valence-electron chi connectivity index (χ4n) is 7.74. The highest BCUT2D eigenvalue weighted by Gasteiger charge is 2.66. The fourth-order valence-corrected chi connectivity index (χ4v) is 11.8. The summed E-state index contributed by atoms with van der Waals surface area (Å²) in [6.45, 7) is 7.22. The number of amides is 2. The van der Waals surface area contributed by atoms with Crippen molar-refractivity contribution in [1.29, 1.82) is 0 Å². The lowest BCUT2D eigenvalue weighted by molar-refractivity contribution is -0.149. The summed E-state index contributed by atoms with van der Waals surface area (Å²) in [5.41, 5.74) is 2.10. The topological polar surface area (TPSA) is 79.3 Å². The molecule has 1 N–H and O–H groups in total. The molecule has 2 amide bonds. The van der Waals surface area contributed by atoms with Gasteiger partial charge < -0.3 is 19.5 Å². The van der Waals surface area contributed by atoms with E-state index in [1.165, 1.54) is 5.19 Å². The summed E-state index contributed by atoms with van der Waals surface area (Å²) >= 11 is 0. The van der Waals surface area contributed by atoms with Crippen molar-refractivity contribution < 1.29 is 24.2 Å². The Labute approximate surface area is 272 Å². The maximum atomic E-state index is 14.9. The molecule has 0 radical (unpaired) electrons. The SMILES string of the molecule is COc1ccc([Si](C)(C)[C@H]2[C@H](CC(=O)N(CCO)Cc3ccccc3)O[C@@]3(C(=O)N(c4ccccc4)c4ccccc43)[C@@H]2C)cc1. The van der Waals surface area contributed by atoms with Crippen molar-refractivity contribution in [1.82, 2.24) is 4.90 Å². The van der Waals surface area contributed by atoms with Crippen molar-refractivity contribution in [3.63, 3.8) is 0 Å². The normalized spacial score (nSPS) is 22.2. The number of methoxy groups -OCH3 is 1. The molecule has 2 heterocycles. The number of ether oxygens (including phenoxy) is 2. The minimum atomic E-state index is -2.42. The van der Waals surface area contributed by atoms with Gasteiger partial charge in [-0.3, -0.25) is 14.5 Å². The van der Waals surface area contributed by atoms with Crippen LogP contribution in [0.25, 0.3) is 0 Å². The molecule has 46 heavy (non-hydrogen) atoms. The molecule has 7 nitrogen and oxygen atoms in total. The van der Waals surface area contributed by atoms with E-state index in [1.54, 1.807) is 16.9 Å². The van der Waals surface area contributed by atoms with Gasteiger partial charge in [-0.05, 0) is 41.4 Å². The van der Waals surface area contributed by atoms with Crippen LogP contribution in [-0.4, -0.2) is 56.3 Å². The molecule has 0 aromatic heterocycles. The molecule has 2 aliphatic rings. The van der Waals surface area contributed by atoms with Crippen molar-refractivity contribution in [2.24, 2.45) is 5.92 Å². The summed E-state index contributed by atoms with van der Waals surface area (Å²) in [6.07, 6.45) is -0.410. The molecule has 4 aromatic rings. The molecule has 0 saturated carbocycles. The number of hydrogen-bond acceptors (Lipinski definition) is 5. The van der Waals surface area contributed by atoms with Gasteiger partial charge in [-0.1, -0.05) is 104 Å². The second-order valence-corrected chi connectivity index (χ2v) is 17.6. The van der Waals surface area contributed by atoms with Gasteiger partial charge in [0.2, 0.25) is 5.91 Å². The number of benzene rings is 4. The van der Waals surface area contributed by atoms with Gasteiger partial charge in [-0.25, -0.2) is 0 Å². The number of rotatable bonds is 10. The van der Waals surface area contributed by atoms with Crippen LogP contribution in [0.15, 0.2) is 109 Å². The highest BCUT2D eigenvalue weighted by molar-refractivity contribution is 6.91. The largest absolute Gasteiger partial charge is 0.497 e. The van der Waals surface area contributed by atoms with Crippen LogP contribution in [0.5, 0.6) is 5.75 Å². The number of aliphatic hydroxyl groups excluding tert-OH is 1. The van der Waals surface area contributed by atoms with Gasteiger partial charge in [0.25, 0.3) is 5.91 Å². The first-order chi connectivity index (χ1) is 22.2. The van der Waals surface area contributed by atoms with Crippen LogP contribution in [0.2, 0.25) is 18.6 Å². The highest BCUT2D eigenvalue weighted by Crippen LogP contribution is 2.61. The third-order valence-corrected chi connectivity index (χ3v) is 14.3. The number of para-hydroxylation sites is 2. The molecule has 6 rings (SSSR count). The Balaban J connectivity index is 1.43. The van der Waals surface area contributed by atoms with Crippen LogP contribution in [0.1, 0.15) is 24.5 Å². The molecule has 0 bridgehead atoms. The molecular formula is C38H42N2O5Si. The summed E-state index contributed by atoms with van der Waals surface area (Å²) in [5, 5.41) is 11.1. The third kappa shape index (κ3) is 5.44. The lowest BCUT2D eigenvalue weighted by Gasteiger charge is -2.37. The number of fused-ring (bicyclic) bond motifs is 2. The lowest BCUT2D eigenvalue weighted by Crippen LogP contribution is -2.52. The maximum Gasteiger partial charge on any atom is 0.268 e. The van der Waals surface area contributed by atoms with E-state index in [2.05, 4.69) is 32.2 Å². The third-order valence-electron chi connectivity index (χ3n) is 9.98. The van der Waals surface area contributed by atoms with Crippen molar-refractivity contribution in [2.75, 3.05) is 25.2 Å². The van der Waals surface area contributed by atoms with E-state index >= 15 is 0 Å². The average Bonchev–Trinajstić information content (AvgIpc) is 3.51. The van der Waals surface area contributed by atoms with Gasteiger partial charge in [0.1, 0.15) is 5.75 Å². The fraction of sp³-hybridized carbons (Fsp3) is 0.316. The van der Waals surface area contributed by atoms with Crippen molar-refractivity contribution in [2.45, 2.75) is 50.2 Å². The van der Waals surface area contributed by atoms with E-state index in [0.29, 0.717) is 6.54 Å². The second-order valence-electron chi connectivity index (χ2n) is 12.9. The molecule has 1 saturated heterocycles. The predicted molar refractivity (Wildman–Crippen MR) is 183 cm³/mol. The Morgan fingerprint density at radius 3 is 2.22 bits per heavy atom. The molecule has 0 unspecified atom stereocenters. The standard InChI is InChI=1S/C38H42N2O5Si/c1-27-36(46(3,4)31-21-19-30(44-2)20-22-31)34(25-35(42)39(23-24-41)26-28-13-7-5-8-14-28)45-38(27)32-17-11-12-18-33(32)40(37(38)43)29-15-9-6-10-16-29/h5-22,27,34,36,41H,23-26H2,1-4H3/t27-,34+,36-,38+/m1/s1. The second kappa shape index (κ2) is 12.9. The first-order valence-corrected chi connectivity index (χ1v) is 19.0. The van der Waals surface area contributed by atoms with E-state index in [0.717, 1.165) is 28.3 Å². The molecule has 2 aliphatic heterocycles. The van der Waals surface area contributed by atoms with Crippen LogP contribution in [0, 0.1) is 5.92 Å². The summed E-state index contributed by atoms with van der Waals surface area (Å²) in [4.78, 5) is 32.5. The van der Waals surface area contributed by atoms with Gasteiger partial charge in [0, 0.05) is 30.3 Å².